The van der Waals surface area contributed by atoms with E-state index in [0.29, 0.717) is 0 Å². The first-order valence-electron chi connectivity index (χ1n) is 13.4. The van der Waals surface area contributed by atoms with Crippen molar-refractivity contribution in [1.29, 1.82) is 0 Å². The van der Waals surface area contributed by atoms with Gasteiger partial charge >= 0.3 is 0 Å². The molecule has 0 aromatic carbocycles. The normalized spacial score (nSPS) is 13.0. The van der Waals surface area contributed by atoms with E-state index in [9.17, 15) is 0 Å². The number of rotatable bonds is 24. The molecule has 0 saturated heterocycles. The summed E-state index contributed by atoms with van der Waals surface area (Å²) >= 11 is 0. The lowest BCUT2D eigenvalue weighted by Crippen LogP contribution is -2.26. The molecule has 1 atom stereocenters. The third-order valence-corrected chi connectivity index (χ3v) is 5.75. The van der Waals surface area contributed by atoms with E-state index in [1.54, 1.807) is 0 Å². The zero-order chi connectivity index (χ0) is 22.0. The molecule has 0 heterocycles. The molecule has 0 aliphatic carbocycles. The fourth-order valence-electron chi connectivity index (χ4n) is 3.70. The van der Waals surface area contributed by atoms with Gasteiger partial charge in [0.05, 0.1) is 6.61 Å². The molecule has 0 fully saturated rings. The van der Waals surface area contributed by atoms with Gasteiger partial charge in [-0.3, -0.25) is 0 Å². The first-order chi connectivity index (χ1) is 14.8. The van der Waals surface area contributed by atoms with E-state index in [2.05, 4.69) is 38.2 Å². The monoisotopic (exact) mass is 421 g/mol. The van der Waals surface area contributed by atoms with E-state index in [-0.39, 0.29) is 6.04 Å². The number of hydrogen-bond donors (Lipinski definition) is 1. The summed E-state index contributed by atoms with van der Waals surface area (Å²) in [6, 6.07) is 0.237. The van der Waals surface area contributed by atoms with Crippen LogP contribution in [0.3, 0.4) is 0 Å². The van der Waals surface area contributed by atoms with Crippen LogP contribution < -0.4 is 5.73 Å². The van der Waals surface area contributed by atoms with Gasteiger partial charge in [0.2, 0.25) is 0 Å². The van der Waals surface area contributed by atoms with Gasteiger partial charge < -0.3 is 10.5 Å². The summed E-state index contributed by atoms with van der Waals surface area (Å²) in [7, 11) is 0. The third-order valence-electron chi connectivity index (χ3n) is 5.75. The number of allylic oxidation sites excluding steroid dienone is 4. The molecular formula is C28H55NO. The van der Waals surface area contributed by atoms with Crippen LogP contribution in [0.25, 0.3) is 0 Å². The Morgan fingerprint density at radius 3 is 1.77 bits per heavy atom. The summed E-state index contributed by atoms with van der Waals surface area (Å²) in [5.41, 5.74) is 6.15. The second-order valence-corrected chi connectivity index (χ2v) is 8.98. The second kappa shape index (κ2) is 26.4. The van der Waals surface area contributed by atoms with Crippen molar-refractivity contribution in [1.82, 2.24) is 0 Å². The van der Waals surface area contributed by atoms with E-state index in [4.69, 9.17) is 10.5 Å². The molecule has 0 saturated carbocycles. The molecule has 0 aromatic heterocycles. The second-order valence-electron chi connectivity index (χ2n) is 8.98. The molecule has 2 N–H and O–H groups in total. The summed E-state index contributed by atoms with van der Waals surface area (Å²) in [5.74, 6) is 0. The maximum absolute atomic E-state index is 6.15. The molecule has 0 spiro atoms. The largest absolute Gasteiger partial charge is 0.380 e. The Labute approximate surface area is 190 Å². The zero-order valence-corrected chi connectivity index (χ0v) is 20.7. The Kier molecular flexibility index (Phi) is 25.9. The lowest BCUT2D eigenvalue weighted by atomic mass is 10.1. The van der Waals surface area contributed by atoms with Gasteiger partial charge in [0.15, 0.2) is 0 Å². The summed E-state index contributed by atoms with van der Waals surface area (Å²) in [6.45, 7) is 6.16. The van der Waals surface area contributed by atoms with Crippen LogP contribution in [-0.2, 0) is 4.74 Å². The standard InChI is InChI=1S/C28H55NO/c1-3-5-7-9-11-12-13-14-15-16-17-18-19-20-22-24-26-30-27-28(29)25-23-21-10-8-6-4-2/h11-12,14-15,28H,3-10,13,16-27,29H2,1-2H3/b12-11-,15-14-/t28-/m0/s1. The van der Waals surface area contributed by atoms with E-state index in [1.807, 2.05) is 0 Å². The first kappa shape index (κ1) is 29.4. The highest BCUT2D eigenvalue weighted by atomic mass is 16.5. The highest BCUT2D eigenvalue weighted by Crippen LogP contribution is 2.10. The smallest absolute Gasteiger partial charge is 0.0617 e. The molecule has 0 aliphatic rings. The molecule has 0 unspecified atom stereocenters. The van der Waals surface area contributed by atoms with E-state index >= 15 is 0 Å². The molecule has 30 heavy (non-hydrogen) atoms. The number of nitrogens with two attached hydrogens (primary N) is 1. The van der Waals surface area contributed by atoms with Gasteiger partial charge in [-0.05, 0) is 44.9 Å². The predicted octanol–water partition coefficient (Wildman–Crippen LogP) is 8.89. The highest BCUT2D eigenvalue weighted by molar-refractivity contribution is 4.92. The average molecular weight is 422 g/mol. The third kappa shape index (κ3) is 25.4. The van der Waals surface area contributed by atoms with Crippen LogP contribution in [0.2, 0.25) is 0 Å². The molecule has 0 aromatic rings. The van der Waals surface area contributed by atoms with Crippen LogP contribution >= 0.6 is 0 Å². The minimum absolute atomic E-state index is 0.237. The number of ether oxygens (including phenoxy) is 1. The quantitative estimate of drug-likeness (QED) is 0.125. The van der Waals surface area contributed by atoms with Crippen molar-refractivity contribution < 1.29 is 4.74 Å². The number of hydrogen-bond acceptors (Lipinski definition) is 2. The van der Waals surface area contributed by atoms with Gasteiger partial charge in [0, 0.05) is 12.6 Å². The van der Waals surface area contributed by atoms with Crippen LogP contribution in [0.1, 0.15) is 136 Å². The Morgan fingerprint density at radius 1 is 0.600 bits per heavy atom. The van der Waals surface area contributed by atoms with Gasteiger partial charge in [0.25, 0.3) is 0 Å². The first-order valence-corrected chi connectivity index (χ1v) is 13.4. The van der Waals surface area contributed by atoms with E-state index < -0.39 is 0 Å². The molecule has 2 nitrogen and oxygen atoms in total. The van der Waals surface area contributed by atoms with Crippen molar-refractivity contribution in [2.75, 3.05) is 13.2 Å². The topological polar surface area (TPSA) is 35.2 Å². The molecular weight excluding hydrogens is 366 g/mol. The van der Waals surface area contributed by atoms with Crippen LogP contribution in [0.15, 0.2) is 24.3 Å². The van der Waals surface area contributed by atoms with Gasteiger partial charge in [-0.2, -0.15) is 0 Å². The zero-order valence-electron chi connectivity index (χ0n) is 20.7. The summed E-state index contributed by atoms with van der Waals surface area (Å²) < 4.78 is 5.77. The van der Waals surface area contributed by atoms with Crippen molar-refractivity contribution in [3.8, 4) is 0 Å². The Balaban J connectivity index is 3.21. The van der Waals surface area contributed by atoms with Crippen molar-refractivity contribution in [3.05, 3.63) is 24.3 Å². The van der Waals surface area contributed by atoms with E-state index in [0.717, 1.165) is 26.1 Å². The molecule has 0 amide bonds. The molecule has 0 aliphatic heterocycles. The molecule has 2 heteroatoms. The Hall–Kier alpha value is -0.600. The SMILES string of the molecule is CCCCC/C=C\C/C=C\CCCCCCCCOC[C@@H](N)CCCCCCCC. The molecule has 0 bridgehead atoms. The van der Waals surface area contributed by atoms with Crippen LogP contribution in [0.5, 0.6) is 0 Å². The van der Waals surface area contributed by atoms with Gasteiger partial charge in [0.1, 0.15) is 0 Å². The van der Waals surface area contributed by atoms with Crippen molar-refractivity contribution in [2.24, 2.45) is 5.73 Å². The van der Waals surface area contributed by atoms with Crippen molar-refractivity contribution in [3.63, 3.8) is 0 Å². The lowest BCUT2D eigenvalue weighted by Gasteiger charge is -2.12. The molecule has 178 valence electrons. The van der Waals surface area contributed by atoms with Crippen molar-refractivity contribution in [2.45, 2.75) is 142 Å². The summed E-state index contributed by atoms with van der Waals surface area (Å²) in [6.07, 6.45) is 34.0. The van der Waals surface area contributed by atoms with Crippen LogP contribution in [-0.4, -0.2) is 19.3 Å². The Morgan fingerprint density at radius 2 is 1.10 bits per heavy atom. The van der Waals surface area contributed by atoms with Gasteiger partial charge in [-0.15, -0.1) is 0 Å². The minimum atomic E-state index is 0.237. The van der Waals surface area contributed by atoms with Crippen LogP contribution in [0.4, 0.5) is 0 Å². The average Bonchev–Trinajstić information content (AvgIpc) is 2.75. The van der Waals surface area contributed by atoms with Gasteiger partial charge in [-0.1, -0.05) is 115 Å². The number of unbranched alkanes of at least 4 members (excludes halogenated alkanes) is 14. The fourth-order valence-corrected chi connectivity index (χ4v) is 3.70. The predicted molar refractivity (Wildman–Crippen MR) is 136 cm³/mol. The molecule has 0 radical (unpaired) electrons. The van der Waals surface area contributed by atoms with E-state index in [1.165, 1.54) is 109 Å². The lowest BCUT2D eigenvalue weighted by molar-refractivity contribution is 0.114. The maximum atomic E-state index is 6.15. The highest BCUT2D eigenvalue weighted by Gasteiger charge is 2.02. The summed E-state index contributed by atoms with van der Waals surface area (Å²) in [5, 5.41) is 0. The molecule has 0 rings (SSSR count). The van der Waals surface area contributed by atoms with Crippen molar-refractivity contribution >= 4 is 0 Å². The van der Waals surface area contributed by atoms with Gasteiger partial charge in [-0.25, -0.2) is 0 Å². The maximum Gasteiger partial charge on any atom is 0.0617 e. The fraction of sp³-hybridized carbons (Fsp3) is 0.857. The minimum Gasteiger partial charge on any atom is -0.380 e. The Bertz CT molecular complexity index is 364. The summed E-state index contributed by atoms with van der Waals surface area (Å²) in [4.78, 5) is 0. The van der Waals surface area contributed by atoms with Crippen LogP contribution in [0, 0.1) is 0 Å².